The van der Waals surface area contributed by atoms with Crippen LogP contribution in [0.3, 0.4) is 0 Å². The predicted molar refractivity (Wildman–Crippen MR) is 112 cm³/mol. The van der Waals surface area contributed by atoms with Crippen LogP contribution in [0.15, 0.2) is 63.5 Å². The summed E-state index contributed by atoms with van der Waals surface area (Å²) >= 11 is 20.7. The smallest absolute Gasteiger partial charge is 0.293 e. The number of carbonyl (C=O) groups is 1. The molecule has 3 aromatic rings. The van der Waals surface area contributed by atoms with E-state index < -0.39 is 5.91 Å². The quantitative estimate of drug-likeness (QED) is 0.452. The lowest BCUT2D eigenvalue weighted by molar-refractivity contribution is 0.0951. The summed E-state index contributed by atoms with van der Waals surface area (Å²) in [4.78, 5) is 12.3. The van der Waals surface area contributed by atoms with Crippen LogP contribution in [0, 0.1) is 0 Å². The fourth-order valence-electron chi connectivity index (χ4n) is 2.16. The van der Waals surface area contributed by atoms with Gasteiger partial charge in [0.25, 0.3) is 5.91 Å². The van der Waals surface area contributed by atoms with Crippen molar-refractivity contribution in [2.45, 2.75) is 0 Å². The molecule has 1 heterocycles. The van der Waals surface area contributed by atoms with Crippen LogP contribution >= 0.6 is 51.3 Å². The van der Waals surface area contributed by atoms with Gasteiger partial charge in [-0.05, 0) is 60.7 Å². The number of benzene rings is 2. The van der Waals surface area contributed by atoms with Crippen LogP contribution in [-0.4, -0.2) is 11.0 Å². The summed E-state index contributed by atoms with van der Waals surface area (Å²) in [5, 5.41) is 6.43. The topological polar surface area (TPSA) is 54.3 Å². The number of nitrogens with one attached hydrogen (secondary N) is 2. The zero-order valence-electron chi connectivity index (χ0n) is 13.1. The Labute approximate surface area is 173 Å². The standard InChI is InChI=1S/C18H11BrCl2N2O2S/c19-10-4-6-11(7-5-10)22-18(26)23-17(24)15-9-8-14(25-15)12-2-1-3-13(20)16(12)21/h1-9H,(H2,22,23,24,26). The highest BCUT2D eigenvalue weighted by molar-refractivity contribution is 9.10. The molecule has 0 fully saturated rings. The Balaban J connectivity index is 1.69. The van der Waals surface area contributed by atoms with E-state index in [0.717, 1.165) is 10.2 Å². The Hall–Kier alpha value is -1.86. The van der Waals surface area contributed by atoms with Crippen molar-refractivity contribution in [2.75, 3.05) is 5.32 Å². The molecule has 0 saturated heterocycles. The van der Waals surface area contributed by atoms with E-state index in [0.29, 0.717) is 21.4 Å². The summed E-state index contributed by atoms with van der Waals surface area (Å²) in [5.41, 5.74) is 1.36. The first-order valence-electron chi connectivity index (χ1n) is 7.36. The summed E-state index contributed by atoms with van der Waals surface area (Å²) < 4.78 is 6.53. The number of rotatable bonds is 3. The number of hydrogen-bond donors (Lipinski definition) is 2. The van der Waals surface area contributed by atoms with E-state index in [9.17, 15) is 4.79 Å². The van der Waals surface area contributed by atoms with Crippen LogP contribution in [-0.2, 0) is 0 Å². The number of amides is 1. The normalized spacial score (nSPS) is 10.4. The lowest BCUT2D eigenvalue weighted by atomic mass is 10.2. The molecule has 3 rings (SSSR count). The van der Waals surface area contributed by atoms with Gasteiger partial charge in [0.1, 0.15) is 5.76 Å². The number of hydrogen-bond acceptors (Lipinski definition) is 3. The Bertz CT molecular complexity index is 974. The highest BCUT2D eigenvalue weighted by atomic mass is 79.9. The van der Waals surface area contributed by atoms with E-state index in [4.69, 9.17) is 39.8 Å². The van der Waals surface area contributed by atoms with Crippen molar-refractivity contribution in [1.82, 2.24) is 5.32 Å². The molecule has 0 bridgehead atoms. The third-order valence-electron chi connectivity index (χ3n) is 3.38. The predicted octanol–water partition coefficient (Wildman–Crippen LogP) is 6.14. The second kappa shape index (κ2) is 8.22. The first-order valence-corrected chi connectivity index (χ1v) is 9.32. The number of furan rings is 1. The van der Waals surface area contributed by atoms with E-state index in [1.54, 1.807) is 30.3 Å². The zero-order chi connectivity index (χ0) is 18.7. The molecule has 0 aliphatic rings. The third kappa shape index (κ3) is 4.45. The fourth-order valence-corrected chi connectivity index (χ4v) is 3.03. The summed E-state index contributed by atoms with van der Waals surface area (Å²) in [7, 11) is 0. The molecule has 0 spiro atoms. The lowest BCUT2D eigenvalue weighted by Gasteiger charge is -2.08. The minimum Gasteiger partial charge on any atom is -0.451 e. The van der Waals surface area contributed by atoms with Gasteiger partial charge in [-0.2, -0.15) is 0 Å². The van der Waals surface area contributed by atoms with Crippen LogP contribution < -0.4 is 10.6 Å². The van der Waals surface area contributed by atoms with Crippen molar-refractivity contribution in [3.8, 4) is 11.3 Å². The Morgan fingerprint density at radius 2 is 1.77 bits per heavy atom. The van der Waals surface area contributed by atoms with Crippen LogP contribution in [0.4, 0.5) is 5.69 Å². The monoisotopic (exact) mass is 468 g/mol. The van der Waals surface area contributed by atoms with Gasteiger partial charge in [0.15, 0.2) is 10.9 Å². The maximum absolute atomic E-state index is 12.3. The second-order valence-corrected chi connectivity index (χ2v) is 7.29. The van der Waals surface area contributed by atoms with Crippen LogP contribution in [0.5, 0.6) is 0 Å². The minimum absolute atomic E-state index is 0.107. The summed E-state index contributed by atoms with van der Waals surface area (Å²) in [6.07, 6.45) is 0. The van der Waals surface area contributed by atoms with Crippen molar-refractivity contribution < 1.29 is 9.21 Å². The maximum Gasteiger partial charge on any atom is 0.293 e. The number of halogens is 3. The molecule has 26 heavy (non-hydrogen) atoms. The van der Waals surface area contributed by atoms with Crippen molar-refractivity contribution in [3.63, 3.8) is 0 Å². The molecule has 8 heteroatoms. The van der Waals surface area contributed by atoms with Crippen molar-refractivity contribution in [2.24, 2.45) is 0 Å². The van der Waals surface area contributed by atoms with Gasteiger partial charge in [-0.15, -0.1) is 0 Å². The molecule has 1 amide bonds. The molecule has 0 aliphatic carbocycles. The fraction of sp³-hybridized carbons (Fsp3) is 0. The molecule has 132 valence electrons. The summed E-state index contributed by atoms with van der Waals surface area (Å²) in [6.45, 7) is 0. The molecule has 0 unspecified atom stereocenters. The summed E-state index contributed by atoms with van der Waals surface area (Å²) in [5.74, 6) is 0.0782. The molecule has 4 nitrogen and oxygen atoms in total. The molecule has 2 N–H and O–H groups in total. The molecule has 1 aromatic heterocycles. The SMILES string of the molecule is O=C(NC(=S)Nc1ccc(Br)cc1)c1ccc(-c2cccc(Cl)c2Cl)o1. The van der Waals surface area contributed by atoms with Gasteiger partial charge in [-0.25, -0.2) is 0 Å². The van der Waals surface area contributed by atoms with Gasteiger partial charge in [0.05, 0.1) is 10.0 Å². The van der Waals surface area contributed by atoms with E-state index in [2.05, 4.69) is 26.6 Å². The maximum atomic E-state index is 12.3. The van der Waals surface area contributed by atoms with Gasteiger partial charge in [-0.1, -0.05) is 45.2 Å². The first kappa shape index (κ1) is 18.9. The van der Waals surface area contributed by atoms with E-state index >= 15 is 0 Å². The van der Waals surface area contributed by atoms with Crippen molar-refractivity contribution >= 4 is 68.1 Å². The zero-order valence-corrected chi connectivity index (χ0v) is 17.0. The van der Waals surface area contributed by atoms with E-state index in [1.807, 2.05) is 24.3 Å². The van der Waals surface area contributed by atoms with Gasteiger partial charge >= 0.3 is 0 Å². The van der Waals surface area contributed by atoms with Crippen molar-refractivity contribution in [3.05, 3.63) is 74.9 Å². The molecule has 0 saturated carbocycles. The molecule has 0 radical (unpaired) electrons. The molecule has 0 atom stereocenters. The van der Waals surface area contributed by atoms with Crippen LogP contribution in [0.25, 0.3) is 11.3 Å². The lowest BCUT2D eigenvalue weighted by Crippen LogP contribution is -2.33. The minimum atomic E-state index is -0.469. The first-order chi connectivity index (χ1) is 12.4. The Kier molecular flexibility index (Phi) is 5.98. The van der Waals surface area contributed by atoms with Gasteiger partial charge in [-0.3, -0.25) is 10.1 Å². The Morgan fingerprint density at radius 1 is 1.04 bits per heavy atom. The third-order valence-corrected chi connectivity index (χ3v) is 4.93. The van der Waals surface area contributed by atoms with Gasteiger partial charge in [0, 0.05) is 15.7 Å². The van der Waals surface area contributed by atoms with Crippen molar-refractivity contribution in [1.29, 1.82) is 0 Å². The van der Waals surface area contributed by atoms with E-state index in [-0.39, 0.29) is 10.9 Å². The second-order valence-electron chi connectivity index (χ2n) is 5.18. The molecular formula is C18H11BrCl2N2O2S. The molecular weight excluding hydrogens is 459 g/mol. The van der Waals surface area contributed by atoms with Gasteiger partial charge < -0.3 is 9.73 Å². The highest BCUT2D eigenvalue weighted by Gasteiger charge is 2.16. The highest BCUT2D eigenvalue weighted by Crippen LogP contribution is 2.34. The number of thiocarbonyl (C=S) groups is 1. The molecule has 0 aliphatic heterocycles. The van der Waals surface area contributed by atoms with Crippen LogP contribution in [0.2, 0.25) is 10.0 Å². The Morgan fingerprint density at radius 3 is 2.50 bits per heavy atom. The van der Waals surface area contributed by atoms with Crippen LogP contribution in [0.1, 0.15) is 10.6 Å². The van der Waals surface area contributed by atoms with Gasteiger partial charge in [0.2, 0.25) is 0 Å². The molecule has 2 aromatic carbocycles. The average Bonchev–Trinajstić information content (AvgIpc) is 3.09. The summed E-state index contributed by atoms with van der Waals surface area (Å²) in [6, 6.07) is 15.8. The average molecular weight is 470 g/mol. The number of carbonyl (C=O) groups excluding carboxylic acids is 1. The number of anilines is 1. The largest absolute Gasteiger partial charge is 0.451 e. The van der Waals surface area contributed by atoms with E-state index in [1.165, 1.54) is 0 Å².